The van der Waals surface area contributed by atoms with Gasteiger partial charge in [-0.15, -0.1) is 0 Å². The van der Waals surface area contributed by atoms with Crippen LogP contribution in [-0.4, -0.2) is 82.2 Å². The SMILES string of the molecule is CC(C)CC(NC(=O)C1CCCN1C(=O)C(NC(=O)C(N)CCCCN)C(C)O)C(=O)O. The lowest BCUT2D eigenvalue weighted by atomic mass is 10.0. The van der Waals surface area contributed by atoms with E-state index in [4.69, 9.17) is 11.5 Å². The first-order valence-electron chi connectivity index (χ1n) is 11.3. The molecule has 1 rings (SSSR count). The monoisotopic (exact) mass is 457 g/mol. The van der Waals surface area contributed by atoms with Crippen LogP contribution in [0.1, 0.15) is 59.3 Å². The number of hydrogen-bond donors (Lipinski definition) is 6. The van der Waals surface area contributed by atoms with Crippen molar-refractivity contribution in [2.45, 2.75) is 89.6 Å². The Morgan fingerprint density at radius 3 is 2.31 bits per heavy atom. The molecule has 0 aliphatic carbocycles. The number of aliphatic hydroxyl groups excluding tert-OH is 1. The fourth-order valence-electron chi connectivity index (χ4n) is 3.73. The molecule has 0 bridgehead atoms. The van der Waals surface area contributed by atoms with E-state index in [0.29, 0.717) is 32.2 Å². The van der Waals surface area contributed by atoms with Crippen LogP contribution in [0.2, 0.25) is 0 Å². The van der Waals surface area contributed by atoms with Gasteiger partial charge in [-0.1, -0.05) is 20.3 Å². The zero-order valence-corrected chi connectivity index (χ0v) is 19.3. The number of amides is 3. The Kier molecular flexibility index (Phi) is 11.6. The largest absolute Gasteiger partial charge is 0.480 e. The summed E-state index contributed by atoms with van der Waals surface area (Å²) in [5.74, 6) is -2.81. The topological polar surface area (TPSA) is 188 Å². The van der Waals surface area contributed by atoms with Gasteiger partial charge in [-0.3, -0.25) is 14.4 Å². The molecule has 3 amide bonds. The predicted octanol–water partition coefficient (Wildman–Crippen LogP) is -1.09. The van der Waals surface area contributed by atoms with E-state index in [2.05, 4.69) is 10.6 Å². The Hall–Kier alpha value is -2.24. The molecular weight excluding hydrogens is 418 g/mol. The number of carbonyl (C=O) groups is 4. The van der Waals surface area contributed by atoms with Crippen LogP contribution in [0, 0.1) is 5.92 Å². The minimum Gasteiger partial charge on any atom is -0.480 e. The van der Waals surface area contributed by atoms with Gasteiger partial charge < -0.3 is 37.2 Å². The van der Waals surface area contributed by atoms with E-state index in [1.807, 2.05) is 13.8 Å². The highest BCUT2D eigenvalue weighted by Crippen LogP contribution is 2.20. The predicted molar refractivity (Wildman–Crippen MR) is 118 cm³/mol. The third kappa shape index (κ3) is 8.36. The summed E-state index contributed by atoms with van der Waals surface area (Å²) in [6.45, 7) is 5.83. The summed E-state index contributed by atoms with van der Waals surface area (Å²) >= 11 is 0. The zero-order chi connectivity index (χ0) is 24.4. The first kappa shape index (κ1) is 27.8. The Morgan fingerprint density at radius 1 is 1.12 bits per heavy atom. The van der Waals surface area contributed by atoms with Crippen LogP contribution in [0.4, 0.5) is 0 Å². The molecule has 0 aromatic heterocycles. The van der Waals surface area contributed by atoms with Crippen LogP contribution in [0.15, 0.2) is 0 Å². The number of nitrogens with zero attached hydrogens (tertiary/aromatic N) is 1. The Balaban J connectivity index is 2.85. The summed E-state index contributed by atoms with van der Waals surface area (Å²) in [6.07, 6.45) is 1.74. The van der Waals surface area contributed by atoms with E-state index in [9.17, 15) is 29.4 Å². The second-order valence-electron chi connectivity index (χ2n) is 8.84. The minimum absolute atomic E-state index is 0.0570. The van der Waals surface area contributed by atoms with Gasteiger partial charge in [-0.2, -0.15) is 0 Å². The third-order valence-electron chi connectivity index (χ3n) is 5.51. The van der Waals surface area contributed by atoms with E-state index >= 15 is 0 Å². The van der Waals surface area contributed by atoms with E-state index in [1.165, 1.54) is 11.8 Å². The number of carboxylic acids is 1. The summed E-state index contributed by atoms with van der Waals surface area (Å²) in [5.41, 5.74) is 11.3. The number of aliphatic carboxylic acids is 1. The van der Waals surface area contributed by atoms with Gasteiger partial charge in [0.2, 0.25) is 17.7 Å². The fraction of sp³-hybridized carbons (Fsp3) is 0.810. The number of nitrogens with one attached hydrogen (secondary N) is 2. The van der Waals surface area contributed by atoms with Crippen molar-refractivity contribution in [1.29, 1.82) is 0 Å². The molecule has 5 atom stereocenters. The fourth-order valence-corrected chi connectivity index (χ4v) is 3.73. The van der Waals surface area contributed by atoms with Crippen molar-refractivity contribution in [2.24, 2.45) is 17.4 Å². The molecule has 32 heavy (non-hydrogen) atoms. The average molecular weight is 458 g/mol. The molecule has 1 heterocycles. The van der Waals surface area contributed by atoms with Crippen LogP contribution < -0.4 is 22.1 Å². The highest BCUT2D eigenvalue weighted by atomic mass is 16.4. The zero-order valence-electron chi connectivity index (χ0n) is 19.3. The van der Waals surface area contributed by atoms with Gasteiger partial charge in [-0.05, 0) is 51.5 Å². The van der Waals surface area contributed by atoms with Gasteiger partial charge >= 0.3 is 5.97 Å². The number of hydrogen-bond acceptors (Lipinski definition) is 7. The molecule has 1 fully saturated rings. The highest BCUT2D eigenvalue weighted by Gasteiger charge is 2.40. The summed E-state index contributed by atoms with van der Waals surface area (Å²) in [4.78, 5) is 51.1. The lowest BCUT2D eigenvalue weighted by Gasteiger charge is -2.31. The molecule has 1 saturated heterocycles. The van der Waals surface area contributed by atoms with Gasteiger partial charge in [-0.25, -0.2) is 4.79 Å². The van der Waals surface area contributed by atoms with Gasteiger partial charge in [0, 0.05) is 6.54 Å². The Bertz CT molecular complexity index is 657. The molecule has 11 nitrogen and oxygen atoms in total. The average Bonchev–Trinajstić information content (AvgIpc) is 3.20. The van der Waals surface area contributed by atoms with Gasteiger partial charge in [0.25, 0.3) is 0 Å². The smallest absolute Gasteiger partial charge is 0.326 e. The van der Waals surface area contributed by atoms with Crippen molar-refractivity contribution >= 4 is 23.7 Å². The molecule has 8 N–H and O–H groups in total. The van der Waals surface area contributed by atoms with Crippen molar-refractivity contribution in [3.8, 4) is 0 Å². The first-order chi connectivity index (χ1) is 15.0. The van der Waals surface area contributed by atoms with Gasteiger partial charge in [0.1, 0.15) is 18.1 Å². The van der Waals surface area contributed by atoms with Crippen LogP contribution in [0.25, 0.3) is 0 Å². The maximum absolute atomic E-state index is 13.1. The Labute approximate surface area is 189 Å². The first-order valence-corrected chi connectivity index (χ1v) is 11.3. The van der Waals surface area contributed by atoms with Crippen LogP contribution in [0.3, 0.4) is 0 Å². The van der Waals surface area contributed by atoms with Crippen molar-refractivity contribution in [1.82, 2.24) is 15.5 Å². The molecule has 5 unspecified atom stereocenters. The van der Waals surface area contributed by atoms with Crippen molar-refractivity contribution in [3.05, 3.63) is 0 Å². The number of likely N-dealkylation sites (tertiary alicyclic amines) is 1. The number of rotatable bonds is 13. The standard InChI is InChI=1S/C21H39N5O6/c1-12(2)11-15(21(31)32)24-19(29)16-8-6-10-26(16)20(30)17(13(3)27)25-18(28)14(23)7-4-5-9-22/h12-17,27H,4-11,22-23H2,1-3H3,(H,24,29)(H,25,28)(H,31,32). The quantitative estimate of drug-likeness (QED) is 0.188. The maximum atomic E-state index is 13.1. The summed E-state index contributed by atoms with van der Waals surface area (Å²) in [6, 6.07) is -4.03. The highest BCUT2D eigenvalue weighted by molar-refractivity contribution is 5.94. The van der Waals surface area contributed by atoms with E-state index < -0.39 is 54.0 Å². The van der Waals surface area contributed by atoms with E-state index in [0.717, 1.165) is 6.42 Å². The van der Waals surface area contributed by atoms with Crippen LogP contribution >= 0.6 is 0 Å². The van der Waals surface area contributed by atoms with E-state index in [1.54, 1.807) is 0 Å². The number of nitrogens with two attached hydrogens (primary N) is 2. The van der Waals surface area contributed by atoms with Crippen molar-refractivity contribution in [3.63, 3.8) is 0 Å². The van der Waals surface area contributed by atoms with E-state index in [-0.39, 0.29) is 18.9 Å². The molecule has 0 aromatic rings. The molecule has 1 aliphatic rings. The summed E-state index contributed by atoms with van der Waals surface area (Å²) < 4.78 is 0. The number of carboxylic acid groups (broad SMARTS) is 1. The van der Waals surface area contributed by atoms with Crippen LogP contribution in [0.5, 0.6) is 0 Å². The number of aliphatic hydroxyl groups is 1. The number of carbonyl (C=O) groups excluding carboxylic acids is 3. The summed E-state index contributed by atoms with van der Waals surface area (Å²) in [7, 11) is 0. The lowest BCUT2D eigenvalue weighted by Crippen LogP contribution is -2.59. The Morgan fingerprint density at radius 2 is 1.78 bits per heavy atom. The van der Waals surface area contributed by atoms with Crippen molar-refractivity contribution in [2.75, 3.05) is 13.1 Å². The lowest BCUT2D eigenvalue weighted by molar-refractivity contribution is -0.146. The minimum atomic E-state index is -1.26. The molecule has 0 saturated carbocycles. The van der Waals surface area contributed by atoms with Crippen LogP contribution in [-0.2, 0) is 19.2 Å². The molecule has 184 valence electrons. The summed E-state index contributed by atoms with van der Waals surface area (Å²) in [5, 5.41) is 24.5. The second-order valence-corrected chi connectivity index (χ2v) is 8.84. The molecule has 11 heteroatoms. The molecule has 0 spiro atoms. The second kappa shape index (κ2) is 13.3. The molecule has 0 radical (unpaired) electrons. The van der Waals surface area contributed by atoms with Gasteiger partial charge in [0.05, 0.1) is 12.1 Å². The van der Waals surface area contributed by atoms with Gasteiger partial charge in [0.15, 0.2) is 0 Å². The molecule has 1 aliphatic heterocycles. The maximum Gasteiger partial charge on any atom is 0.326 e. The molecule has 0 aromatic carbocycles. The number of unbranched alkanes of at least 4 members (excludes halogenated alkanes) is 1. The van der Waals surface area contributed by atoms with Crippen molar-refractivity contribution < 1.29 is 29.4 Å². The normalized spacial score (nSPS) is 19.8. The third-order valence-corrected chi connectivity index (χ3v) is 5.51. The molecular formula is C21H39N5O6.